The van der Waals surface area contributed by atoms with Gasteiger partial charge in [0, 0.05) is 43.9 Å². The van der Waals surface area contributed by atoms with Gasteiger partial charge in [-0.05, 0) is 55.2 Å². The lowest BCUT2D eigenvalue weighted by molar-refractivity contribution is 0.0766. The predicted molar refractivity (Wildman–Crippen MR) is 126 cm³/mol. The first-order chi connectivity index (χ1) is 15.5. The molecular formula is C25H30N4O3. The number of aryl methyl sites for hydroxylation is 2. The van der Waals surface area contributed by atoms with Crippen molar-refractivity contribution in [1.29, 1.82) is 0 Å². The summed E-state index contributed by atoms with van der Waals surface area (Å²) in [6.07, 6.45) is 0.874. The van der Waals surface area contributed by atoms with Crippen LogP contribution in [0, 0.1) is 13.8 Å². The molecule has 1 N–H and O–H groups in total. The van der Waals surface area contributed by atoms with Gasteiger partial charge >= 0.3 is 0 Å². The molecule has 7 nitrogen and oxygen atoms in total. The molecule has 3 aromatic rings. The molecule has 0 bridgehead atoms. The smallest absolute Gasteiger partial charge is 0.254 e. The Morgan fingerprint density at radius 3 is 2.34 bits per heavy atom. The molecule has 1 saturated heterocycles. The summed E-state index contributed by atoms with van der Waals surface area (Å²) in [4.78, 5) is 17.3. The maximum atomic E-state index is 13.2. The van der Waals surface area contributed by atoms with Crippen LogP contribution in [0.4, 0.5) is 5.82 Å². The second kappa shape index (κ2) is 9.34. The molecule has 0 atom stereocenters. The van der Waals surface area contributed by atoms with Gasteiger partial charge in [-0.15, -0.1) is 0 Å². The number of H-pyrrole nitrogens is 1. The maximum absolute atomic E-state index is 13.2. The predicted octanol–water partition coefficient (Wildman–Crippen LogP) is 4.06. The van der Waals surface area contributed by atoms with Crippen LogP contribution in [0.2, 0.25) is 0 Å². The van der Waals surface area contributed by atoms with E-state index in [2.05, 4.69) is 53.2 Å². The molecule has 1 aromatic heterocycles. The highest BCUT2D eigenvalue weighted by Crippen LogP contribution is 2.26. The van der Waals surface area contributed by atoms with Crippen LogP contribution in [0.5, 0.6) is 11.5 Å². The topological polar surface area (TPSA) is 70.7 Å². The lowest BCUT2D eigenvalue weighted by Crippen LogP contribution is -2.35. The average Bonchev–Trinajstić information content (AvgIpc) is 3.18. The Kier molecular flexibility index (Phi) is 6.35. The molecule has 0 aliphatic carbocycles. The normalized spacial score (nSPS) is 14.2. The summed E-state index contributed by atoms with van der Waals surface area (Å²) in [6.45, 7) is 7.14. The Morgan fingerprint density at radius 2 is 1.66 bits per heavy atom. The van der Waals surface area contributed by atoms with Gasteiger partial charge in [0.1, 0.15) is 11.5 Å². The molecule has 1 fully saturated rings. The number of hydrogen-bond donors (Lipinski definition) is 1. The fourth-order valence-electron chi connectivity index (χ4n) is 3.99. The van der Waals surface area contributed by atoms with Gasteiger partial charge in [0.2, 0.25) is 0 Å². The summed E-state index contributed by atoms with van der Waals surface area (Å²) in [5, 5.41) is 7.72. The Labute approximate surface area is 188 Å². The zero-order chi connectivity index (χ0) is 22.7. The van der Waals surface area contributed by atoms with Crippen molar-refractivity contribution < 1.29 is 14.3 Å². The van der Waals surface area contributed by atoms with Gasteiger partial charge in [-0.2, -0.15) is 5.10 Å². The summed E-state index contributed by atoms with van der Waals surface area (Å²) < 4.78 is 10.6. The molecule has 1 aliphatic rings. The Morgan fingerprint density at radius 1 is 0.906 bits per heavy atom. The number of anilines is 1. The number of nitrogens with one attached hydrogen (secondary N) is 1. The van der Waals surface area contributed by atoms with Crippen molar-refractivity contribution in [3.8, 4) is 22.8 Å². The molecule has 0 unspecified atom stereocenters. The molecule has 1 aliphatic heterocycles. The molecule has 0 saturated carbocycles. The monoisotopic (exact) mass is 434 g/mol. The van der Waals surface area contributed by atoms with Gasteiger partial charge in [-0.3, -0.25) is 9.89 Å². The van der Waals surface area contributed by atoms with E-state index in [1.54, 1.807) is 32.4 Å². The van der Waals surface area contributed by atoms with Crippen molar-refractivity contribution in [2.75, 3.05) is 45.3 Å². The number of aromatic nitrogens is 2. The van der Waals surface area contributed by atoms with Crippen molar-refractivity contribution in [3.63, 3.8) is 0 Å². The molecule has 0 radical (unpaired) electrons. The molecule has 168 valence electrons. The first kappa shape index (κ1) is 21.7. The minimum Gasteiger partial charge on any atom is -0.497 e. The van der Waals surface area contributed by atoms with E-state index in [0.717, 1.165) is 36.6 Å². The van der Waals surface area contributed by atoms with Crippen molar-refractivity contribution >= 4 is 11.7 Å². The SMILES string of the molecule is COc1cc(OC)cc(C(=O)N2CCCN(c3cc(-c4ccc(C)c(C)c4)[nH]n3)CC2)c1. The molecule has 1 amide bonds. The number of amides is 1. The molecule has 32 heavy (non-hydrogen) atoms. The summed E-state index contributed by atoms with van der Waals surface area (Å²) in [5.74, 6) is 2.12. The molecule has 2 heterocycles. The second-order valence-corrected chi connectivity index (χ2v) is 8.17. The van der Waals surface area contributed by atoms with Crippen LogP contribution < -0.4 is 14.4 Å². The van der Waals surface area contributed by atoms with Crippen molar-refractivity contribution in [3.05, 3.63) is 59.2 Å². The zero-order valence-electron chi connectivity index (χ0n) is 19.1. The number of carbonyl (C=O) groups excluding carboxylic acids is 1. The highest BCUT2D eigenvalue weighted by molar-refractivity contribution is 5.95. The lowest BCUT2D eigenvalue weighted by atomic mass is 10.0. The molecule has 2 aromatic carbocycles. The fourth-order valence-corrected chi connectivity index (χ4v) is 3.99. The first-order valence-corrected chi connectivity index (χ1v) is 10.9. The summed E-state index contributed by atoms with van der Waals surface area (Å²) in [5.41, 5.74) is 5.25. The van der Waals surface area contributed by atoms with Gasteiger partial charge in [0.15, 0.2) is 5.82 Å². The third kappa shape index (κ3) is 4.56. The van der Waals surface area contributed by atoms with Crippen molar-refractivity contribution in [1.82, 2.24) is 15.1 Å². The summed E-state index contributed by atoms with van der Waals surface area (Å²) in [6, 6.07) is 13.8. The highest BCUT2D eigenvalue weighted by atomic mass is 16.5. The number of ether oxygens (including phenoxy) is 2. The standard InChI is InChI=1S/C25H30N4O3/c1-17-6-7-19(12-18(17)2)23-16-24(27-26-23)28-8-5-9-29(11-10-28)25(30)20-13-21(31-3)15-22(14-20)32-4/h6-7,12-16H,5,8-11H2,1-4H3,(H,26,27). The Bertz CT molecular complexity index is 1090. The van der Waals surface area contributed by atoms with Gasteiger partial charge in [-0.25, -0.2) is 0 Å². The molecule has 0 spiro atoms. The van der Waals surface area contributed by atoms with E-state index in [4.69, 9.17) is 9.47 Å². The van der Waals surface area contributed by atoms with Crippen LogP contribution in [0.25, 0.3) is 11.3 Å². The van der Waals surface area contributed by atoms with Gasteiger partial charge in [0.25, 0.3) is 5.91 Å². The van der Waals surface area contributed by atoms with E-state index in [0.29, 0.717) is 30.2 Å². The number of carbonyl (C=O) groups is 1. The number of hydrogen-bond acceptors (Lipinski definition) is 5. The zero-order valence-corrected chi connectivity index (χ0v) is 19.1. The Balaban J connectivity index is 1.46. The van der Waals surface area contributed by atoms with Crippen LogP contribution in [0.15, 0.2) is 42.5 Å². The first-order valence-electron chi connectivity index (χ1n) is 10.9. The van der Waals surface area contributed by atoms with Crippen LogP contribution >= 0.6 is 0 Å². The average molecular weight is 435 g/mol. The maximum Gasteiger partial charge on any atom is 0.254 e. The second-order valence-electron chi connectivity index (χ2n) is 8.17. The van der Waals surface area contributed by atoms with Gasteiger partial charge in [-0.1, -0.05) is 12.1 Å². The third-order valence-corrected chi connectivity index (χ3v) is 6.09. The van der Waals surface area contributed by atoms with E-state index in [-0.39, 0.29) is 5.91 Å². The van der Waals surface area contributed by atoms with E-state index in [9.17, 15) is 4.79 Å². The minimum absolute atomic E-state index is 0.0121. The summed E-state index contributed by atoms with van der Waals surface area (Å²) in [7, 11) is 3.17. The lowest BCUT2D eigenvalue weighted by Gasteiger charge is -2.22. The number of nitrogens with zero attached hydrogens (tertiary/aromatic N) is 3. The van der Waals surface area contributed by atoms with Crippen molar-refractivity contribution in [2.24, 2.45) is 0 Å². The fraction of sp³-hybridized carbons (Fsp3) is 0.360. The Hall–Kier alpha value is -3.48. The molecular weight excluding hydrogens is 404 g/mol. The van der Waals surface area contributed by atoms with E-state index >= 15 is 0 Å². The minimum atomic E-state index is -0.0121. The van der Waals surface area contributed by atoms with Gasteiger partial charge < -0.3 is 19.3 Å². The van der Waals surface area contributed by atoms with E-state index < -0.39 is 0 Å². The largest absolute Gasteiger partial charge is 0.497 e. The summed E-state index contributed by atoms with van der Waals surface area (Å²) >= 11 is 0. The van der Waals surface area contributed by atoms with Crippen LogP contribution in [0.1, 0.15) is 27.9 Å². The number of aromatic amines is 1. The molecule has 7 heteroatoms. The molecule has 4 rings (SSSR count). The number of benzene rings is 2. The van der Waals surface area contributed by atoms with Crippen molar-refractivity contribution in [2.45, 2.75) is 20.3 Å². The van der Waals surface area contributed by atoms with Crippen LogP contribution in [-0.4, -0.2) is 61.4 Å². The van der Waals surface area contributed by atoms with Crippen LogP contribution in [0.3, 0.4) is 0 Å². The van der Waals surface area contributed by atoms with E-state index in [1.165, 1.54) is 11.1 Å². The van der Waals surface area contributed by atoms with E-state index in [1.807, 2.05) is 4.90 Å². The van der Waals surface area contributed by atoms with Crippen LogP contribution in [-0.2, 0) is 0 Å². The van der Waals surface area contributed by atoms with Gasteiger partial charge in [0.05, 0.1) is 19.9 Å². The number of rotatable bonds is 5. The highest BCUT2D eigenvalue weighted by Gasteiger charge is 2.23. The number of methoxy groups -OCH3 is 2. The quantitative estimate of drug-likeness (QED) is 0.656. The third-order valence-electron chi connectivity index (χ3n) is 6.09.